The van der Waals surface area contributed by atoms with E-state index < -0.39 is 0 Å². The molecule has 26 heavy (non-hydrogen) atoms. The van der Waals surface area contributed by atoms with Gasteiger partial charge in [-0.2, -0.15) is 0 Å². The summed E-state index contributed by atoms with van der Waals surface area (Å²) in [6.45, 7) is 0. The van der Waals surface area contributed by atoms with E-state index in [2.05, 4.69) is 61.9 Å². The fourth-order valence-corrected chi connectivity index (χ4v) is 3.69. The van der Waals surface area contributed by atoms with Crippen molar-refractivity contribution < 1.29 is 4.74 Å². The molecule has 0 bridgehead atoms. The first-order valence-corrected chi connectivity index (χ1v) is 9.19. The molecule has 1 aliphatic carbocycles. The van der Waals surface area contributed by atoms with Gasteiger partial charge < -0.3 is 9.30 Å². The lowest BCUT2D eigenvalue weighted by Gasteiger charge is -2.25. The van der Waals surface area contributed by atoms with Gasteiger partial charge in [-0.25, -0.2) is 9.97 Å². The van der Waals surface area contributed by atoms with E-state index in [0.29, 0.717) is 5.88 Å². The molecule has 130 valence electrons. The molecule has 0 saturated carbocycles. The van der Waals surface area contributed by atoms with E-state index in [1.165, 1.54) is 0 Å². The van der Waals surface area contributed by atoms with Gasteiger partial charge in [0.2, 0.25) is 5.88 Å². The molecule has 1 aliphatic rings. The van der Waals surface area contributed by atoms with Crippen LogP contribution in [0.1, 0.15) is 11.6 Å². The standard InChI is InChI=1S/C21H18BrN3O/c1-26-21-18(13-16-12-17(22)8-9-19(16)24-21)20(25-11-10-23-14-25)15-6-4-2-3-5-7-15/h2-15,20H,1H3/t20-/m1/s1. The molecule has 0 fully saturated rings. The zero-order valence-corrected chi connectivity index (χ0v) is 15.9. The Bertz CT molecular complexity index is 990. The maximum atomic E-state index is 5.66. The third-order valence-corrected chi connectivity index (χ3v) is 4.99. The molecule has 0 amide bonds. The summed E-state index contributed by atoms with van der Waals surface area (Å²) in [4.78, 5) is 8.99. The molecule has 5 heteroatoms. The van der Waals surface area contributed by atoms with E-state index in [0.717, 1.165) is 20.9 Å². The number of hydrogen-bond donors (Lipinski definition) is 0. The Morgan fingerprint density at radius 3 is 2.62 bits per heavy atom. The molecule has 0 aliphatic heterocycles. The fourth-order valence-electron chi connectivity index (χ4n) is 3.31. The van der Waals surface area contributed by atoms with Crippen LogP contribution in [-0.4, -0.2) is 21.6 Å². The predicted octanol–water partition coefficient (Wildman–Crippen LogP) is 5.09. The Hall–Kier alpha value is -2.66. The second-order valence-electron chi connectivity index (χ2n) is 6.11. The molecule has 2 aromatic heterocycles. The Balaban J connectivity index is 1.92. The predicted molar refractivity (Wildman–Crippen MR) is 107 cm³/mol. The van der Waals surface area contributed by atoms with Crippen LogP contribution < -0.4 is 4.74 Å². The summed E-state index contributed by atoms with van der Waals surface area (Å²) >= 11 is 3.55. The van der Waals surface area contributed by atoms with E-state index in [-0.39, 0.29) is 12.0 Å². The molecule has 4 nitrogen and oxygen atoms in total. The number of methoxy groups -OCH3 is 1. The summed E-state index contributed by atoms with van der Waals surface area (Å²) in [5.41, 5.74) is 1.93. The molecule has 1 atom stereocenters. The van der Waals surface area contributed by atoms with Crippen LogP contribution in [0, 0.1) is 5.92 Å². The molecule has 0 saturated heterocycles. The second kappa shape index (κ2) is 7.30. The second-order valence-corrected chi connectivity index (χ2v) is 7.03. The van der Waals surface area contributed by atoms with Crippen LogP contribution in [0.3, 0.4) is 0 Å². The van der Waals surface area contributed by atoms with Crippen LogP contribution in [0.2, 0.25) is 0 Å². The van der Waals surface area contributed by atoms with Gasteiger partial charge in [-0.3, -0.25) is 0 Å². The maximum Gasteiger partial charge on any atom is 0.219 e. The summed E-state index contributed by atoms with van der Waals surface area (Å²) < 4.78 is 8.80. The number of fused-ring (bicyclic) bond motifs is 1. The van der Waals surface area contributed by atoms with Crippen molar-refractivity contribution >= 4 is 26.8 Å². The van der Waals surface area contributed by atoms with E-state index in [9.17, 15) is 0 Å². The van der Waals surface area contributed by atoms with Crippen LogP contribution in [0.15, 0.2) is 83.9 Å². The molecule has 2 heterocycles. The van der Waals surface area contributed by atoms with Gasteiger partial charge in [0.15, 0.2) is 0 Å². The highest BCUT2D eigenvalue weighted by molar-refractivity contribution is 9.10. The van der Waals surface area contributed by atoms with Crippen molar-refractivity contribution in [1.29, 1.82) is 0 Å². The number of aromatic nitrogens is 3. The third-order valence-electron chi connectivity index (χ3n) is 4.49. The number of imidazole rings is 1. The maximum absolute atomic E-state index is 5.66. The van der Waals surface area contributed by atoms with Gasteiger partial charge in [0, 0.05) is 33.7 Å². The molecule has 0 spiro atoms. The number of allylic oxidation sites excluding steroid dienone is 6. The minimum atomic E-state index is -0.00395. The molecule has 4 rings (SSSR count). The molecule has 1 aromatic carbocycles. The van der Waals surface area contributed by atoms with E-state index in [1.54, 1.807) is 13.3 Å². The van der Waals surface area contributed by atoms with Gasteiger partial charge in [0.25, 0.3) is 0 Å². The smallest absolute Gasteiger partial charge is 0.219 e. The van der Waals surface area contributed by atoms with Gasteiger partial charge in [-0.05, 0) is 24.3 Å². The van der Waals surface area contributed by atoms with Crippen molar-refractivity contribution in [3.63, 3.8) is 0 Å². The number of nitrogens with zero attached hydrogens (tertiary/aromatic N) is 3. The Kier molecular flexibility index (Phi) is 4.71. The van der Waals surface area contributed by atoms with Gasteiger partial charge >= 0.3 is 0 Å². The molecule has 3 aromatic rings. The number of hydrogen-bond acceptors (Lipinski definition) is 3. The SMILES string of the molecule is COc1nc2ccc(Br)cc2cc1[C@@H](C1C=CC=CC=C1)n1ccnc1. The summed E-state index contributed by atoms with van der Waals surface area (Å²) in [7, 11) is 1.67. The van der Waals surface area contributed by atoms with Crippen molar-refractivity contribution in [2.45, 2.75) is 6.04 Å². The first-order valence-electron chi connectivity index (χ1n) is 8.39. The number of ether oxygens (including phenoxy) is 1. The number of rotatable bonds is 4. The van der Waals surface area contributed by atoms with Gasteiger partial charge in [0.1, 0.15) is 0 Å². The van der Waals surface area contributed by atoms with Crippen molar-refractivity contribution in [3.8, 4) is 5.88 Å². The lowest BCUT2D eigenvalue weighted by atomic mass is 9.91. The highest BCUT2D eigenvalue weighted by Crippen LogP contribution is 2.36. The van der Waals surface area contributed by atoms with E-state index in [1.807, 2.05) is 36.8 Å². The van der Waals surface area contributed by atoms with Crippen molar-refractivity contribution in [2.75, 3.05) is 7.11 Å². The number of halogens is 1. The zero-order chi connectivity index (χ0) is 17.9. The normalized spacial score (nSPS) is 15.3. The van der Waals surface area contributed by atoms with Crippen LogP contribution >= 0.6 is 15.9 Å². The molecule has 0 radical (unpaired) electrons. The topological polar surface area (TPSA) is 39.9 Å². The summed E-state index contributed by atoms with van der Waals surface area (Å²) in [6.07, 6.45) is 18.2. The van der Waals surface area contributed by atoms with Crippen molar-refractivity contribution in [1.82, 2.24) is 14.5 Å². The first-order chi connectivity index (χ1) is 12.8. The average molecular weight is 408 g/mol. The number of pyridine rings is 1. The lowest BCUT2D eigenvalue weighted by Crippen LogP contribution is -2.18. The summed E-state index contributed by atoms with van der Waals surface area (Å²) in [6, 6.07) is 8.22. The largest absolute Gasteiger partial charge is 0.481 e. The summed E-state index contributed by atoms with van der Waals surface area (Å²) in [5.74, 6) is 0.789. The van der Waals surface area contributed by atoms with Gasteiger partial charge in [0.05, 0.1) is 25.0 Å². The van der Waals surface area contributed by atoms with Crippen LogP contribution in [0.25, 0.3) is 10.9 Å². The fraction of sp³-hybridized carbons (Fsp3) is 0.143. The lowest BCUT2D eigenvalue weighted by molar-refractivity contribution is 0.380. The Morgan fingerprint density at radius 2 is 1.92 bits per heavy atom. The van der Waals surface area contributed by atoms with Gasteiger partial charge in [-0.1, -0.05) is 52.4 Å². The monoisotopic (exact) mass is 407 g/mol. The minimum absolute atomic E-state index is 0.00395. The number of benzene rings is 1. The van der Waals surface area contributed by atoms with Crippen molar-refractivity contribution in [2.24, 2.45) is 5.92 Å². The van der Waals surface area contributed by atoms with Crippen molar-refractivity contribution in [3.05, 3.63) is 89.5 Å². The summed E-state index contributed by atoms with van der Waals surface area (Å²) in [5, 5.41) is 1.07. The molecular formula is C21H18BrN3O. The van der Waals surface area contributed by atoms with Crippen LogP contribution in [0.5, 0.6) is 5.88 Å². The minimum Gasteiger partial charge on any atom is -0.481 e. The van der Waals surface area contributed by atoms with Crippen LogP contribution in [0.4, 0.5) is 0 Å². The van der Waals surface area contributed by atoms with Gasteiger partial charge in [-0.15, -0.1) is 0 Å². The molecule has 0 unspecified atom stereocenters. The molecule has 0 N–H and O–H groups in total. The van der Waals surface area contributed by atoms with E-state index >= 15 is 0 Å². The van der Waals surface area contributed by atoms with E-state index in [4.69, 9.17) is 9.72 Å². The Labute approximate surface area is 160 Å². The molecular weight excluding hydrogens is 390 g/mol. The Morgan fingerprint density at radius 1 is 1.12 bits per heavy atom. The first kappa shape index (κ1) is 16.8. The third kappa shape index (κ3) is 3.22. The zero-order valence-electron chi connectivity index (χ0n) is 14.3. The quantitative estimate of drug-likeness (QED) is 0.604. The highest BCUT2D eigenvalue weighted by atomic mass is 79.9. The van der Waals surface area contributed by atoms with Crippen LogP contribution in [-0.2, 0) is 0 Å². The highest BCUT2D eigenvalue weighted by Gasteiger charge is 2.25. The average Bonchev–Trinajstić information content (AvgIpc) is 3.04.